The van der Waals surface area contributed by atoms with Gasteiger partial charge in [0.05, 0.1) is 13.2 Å². The van der Waals surface area contributed by atoms with E-state index in [0.29, 0.717) is 19.6 Å². The van der Waals surface area contributed by atoms with E-state index in [9.17, 15) is 9.59 Å². The summed E-state index contributed by atoms with van der Waals surface area (Å²) in [5, 5.41) is 2.88. The van der Waals surface area contributed by atoms with E-state index in [2.05, 4.69) is 5.32 Å². The van der Waals surface area contributed by atoms with Gasteiger partial charge in [-0.1, -0.05) is 0 Å². The van der Waals surface area contributed by atoms with Crippen LogP contribution in [0.25, 0.3) is 0 Å². The maximum Gasteiger partial charge on any atom is 0.319 e. The number of ether oxygens (including phenoxy) is 1. The predicted molar refractivity (Wildman–Crippen MR) is 62.0 cm³/mol. The molecule has 0 fully saturated rings. The number of carbonyl (C=O) groups is 2. The van der Waals surface area contributed by atoms with Gasteiger partial charge in [-0.25, -0.2) is 0 Å². The third-order valence-electron chi connectivity index (χ3n) is 2.21. The lowest BCUT2D eigenvalue weighted by Gasteiger charge is -2.18. The molecule has 5 nitrogen and oxygen atoms in total. The van der Waals surface area contributed by atoms with E-state index in [1.165, 1.54) is 0 Å². The molecular formula is C11H22N2O3. The largest absolute Gasteiger partial charge is 0.465 e. The molecule has 16 heavy (non-hydrogen) atoms. The normalized spacial score (nSPS) is 9.94. The Morgan fingerprint density at radius 2 is 1.81 bits per heavy atom. The van der Waals surface area contributed by atoms with Crippen LogP contribution in [0, 0.1) is 0 Å². The molecule has 0 aliphatic heterocycles. The van der Waals surface area contributed by atoms with Gasteiger partial charge in [0.15, 0.2) is 0 Å². The number of hydrogen-bond donors (Lipinski definition) is 1. The number of amides is 1. The molecule has 0 aromatic heterocycles. The molecule has 0 heterocycles. The molecule has 0 unspecified atom stereocenters. The molecule has 0 saturated heterocycles. The lowest BCUT2D eigenvalue weighted by molar-refractivity contribution is -0.142. The first-order valence-electron chi connectivity index (χ1n) is 5.79. The summed E-state index contributed by atoms with van der Waals surface area (Å²) in [6.45, 7) is 8.19. The van der Waals surface area contributed by atoms with Crippen molar-refractivity contribution in [3.05, 3.63) is 0 Å². The zero-order valence-corrected chi connectivity index (χ0v) is 10.4. The summed E-state index contributed by atoms with van der Waals surface area (Å²) in [6, 6.07) is 0. The molecule has 5 heteroatoms. The van der Waals surface area contributed by atoms with Gasteiger partial charge in [-0.2, -0.15) is 0 Å². The monoisotopic (exact) mass is 230 g/mol. The number of nitrogens with one attached hydrogen (secondary N) is 1. The number of esters is 1. The Morgan fingerprint density at radius 3 is 2.31 bits per heavy atom. The Morgan fingerprint density at radius 1 is 1.19 bits per heavy atom. The molecule has 94 valence electrons. The first kappa shape index (κ1) is 14.9. The van der Waals surface area contributed by atoms with Gasteiger partial charge in [0.25, 0.3) is 0 Å². The van der Waals surface area contributed by atoms with Gasteiger partial charge in [-0.15, -0.1) is 0 Å². The van der Waals surface area contributed by atoms with Crippen LogP contribution in [0.15, 0.2) is 0 Å². The maximum absolute atomic E-state index is 11.5. The Hall–Kier alpha value is -1.10. The Balaban J connectivity index is 3.58. The van der Waals surface area contributed by atoms with Crippen molar-refractivity contribution in [1.82, 2.24) is 10.2 Å². The van der Waals surface area contributed by atoms with E-state index in [0.717, 1.165) is 13.1 Å². The summed E-state index contributed by atoms with van der Waals surface area (Å²) >= 11 is 0. The molecule has 1 N–H and O–H groups in total. The molecule has 0 aliphatic carbocycles. The minimum atomic E-state index is -0.280. The zero-order valence-electron chi connectivity index (χ0n) is 10.4. The summed E-state index contributed by atoms with van der Waals surface area (Å²) in [5.74, 6) is -0.167. The molecule has 0 spiro atoms. The molecule has 0 aromatic carbocycles. The molecule has 0 aliphatic rings. The molecule has 0 atom stereocenters. The summed E-state index contributed by atoms with van der Waals surface area (Å²) in [4.78, 5) is 24.3. The molecule has 0 bridgehead atoms. The van der Waals surface area contributed by atoms with Crippen molar-refractivity contribution in [2.75, 3.05) is 32.8 Å². The topological polar surface area (TPSA) is 58.6 Å². The van der Waals surface area contributed by atoms with Gasteiger partial charge in [0, 0.05) is 26.1 Å². The van der Waals surface area contributed by atoms with Gasteiger partial charge < -0.3 is 15.0 Å². The summed E-state index contributed by atoms with van der Waals surface area (Å²) in [6.07, 6.45) is 0.418. The Bertz CT molecular complexity index is 215. The van der Waals surface area contributed by atoms with Crippen molar-refractivity contribution >= 4 is 11.9 Å². The molecule has 1 amide bonds. The fourth-order valence-electron chi connectivity index (χ4n) is 1.33. The highest BCUT2D eigenvalue weighted by atomic mass is 16.5. The highest BCUT2D eigenvalue weighted by Crippen LogP contribution is 1.92. The minimum absolute atomic E-state index is 0.112. The minimum Gasteiger partial charge on any atom is -0.465 e. The van der Waals surface area contributed by atoms with Crippen molar-refractivity contribution in [3.8, 4) is 0 Å². The van der Waals surface area contributed by atoms with Gasteiger partial charge in [-0.05, 0) is 20.8 Å². The average Bonchev–Trinajstić information content (AvgIpc) is 2.26. The van der Waals surface area contributed by atoms with Gasteiger partial charge in [-0.3, -0.25) is 9.59 Å². The summed E-state index contributed by atoms with van der Waals surface area (Å²) < 4.78 is 4.74. The van der Waals surface area contributed by atoms with Crippen LogP contribution < -0.4 is 5.32 Å². The van der Waals surface area contributed by atoms with Gasteiger partial charge in [0.2, 0.25) is 5.91 Å². The number of hydrogen-bond acceptors (Lipinski definition) is 4. The van der Waals surface area contributed by atoms with Crippen LogP contribution in [0.5, 0.6) is 0 Å². The van der Waals surface area contributed by atoms with Gasteiger partial charge >= 0.3 is 5.97 Å². The molecule has 0 aromatic rings. The first-order chi connectivity index (χ1) is 7.65. The first-order valence-corrected chi connectivity index (χ1v) is 5.79. The van der Waals surface area contributed by atoms with E-state index in [1.54, 1.807) is 11.8 Å². The van der Waals surface area contributed by atoms with Crippen LogP contribution >= 0.6 is 0 Å². The zero-order chi connectivity index (χ0) is 12.4. The predicted octanol–water partition coefficient (Wildman–Crippen LogP) is 0.398. The highest BCUT2D eigenvalue weighted by molar-refractivity contribution is 5.76. The second-order valence-electron chi connectivity index (χ2n) is 3.30. The van der Waals surface area contributed by atoms with Crippen LogP contribution in [0.1, 0.15) is 27.2 Å². The second-order valence-corrected chi connectivity index (χ2v) is 3.30. The summed E-state index contributed by atoms with van der Waals surface area (Å²) in [5.41, 5.74) is 0. The SMILES string of the molecule is CCOC(=O)CNCCC(=O)N(CC)CC. The van der Waals surface area contributed by atoms with Crippen molar-refractivity contribution < 1.29 is 14.3 Å². The van der Waals surface area contributed by atoms with Crippen molar-refractivity contribution in [2.45, 2.75) is 27.2 Å². The van der Waals surface area contributed by atoms with E-state index in [4.69, 9.17) is 4.74 Å². The smallest absolute Gasteiger partial charge is 0.319 e. The molecule has 0 saturated carbocycles. The van der Waals surface area contributed by atoms with Crippen LogP contribution in [-0.4, -0.2) is 49.6 Å². The van der Waals surface area contributed by atoms with Crippen molar-refractivity contribution in [1.29, 1.82) is 0 Å². The van der Waals surface area contributed by atoms with E-state index in [1.807, 2.05) is 13.8 Å². The van der Waals surface area contributed by atoms with Crippen molar-refractivity contribution in [2.24, 2.45) is 0 Å². The average molecular weight is 230 g/mol. The standard InChI is InChI=1S/C11H22N2O3/c1-4-13(5-2)10(14)7-8-12-9-11(15)16-6-3/h12H,4-9H2,1-3H3. The van der Waals surface area contributed by atoms with Crippen LogP contribution in [0.4, 0.5) is 0 Å². The molecule has 0 rings (SSSR count). The maximum atomic E-state index is 11.5. The third-order valence-corrected chi connectivity index (χ3v) is 2.21. The molecular weight excluding hydrogens is 208 g/mol. The fraction of sp³-hybridized carbons (Fsp3) is 0.818. The Labute approximate surface area is 97.1 Å². The second kappa shape index (κ2) is 9.15. The van der Waals surface area contributed by atoms with E-state index < -0.39 is 0 Å². The summed E-state index contributed by atoms with van der Waals surface area (Å²) in [7, 11) is 0. The van der Waals surface area contributed by atoms with Crippen LogP contribution in [0.3, 0.4) is 0 Å². The fourth-order valence-corrected chi connectivity index (χ4v) is 1.33. The van der Waals surface area contributed by atoms with Crippen molar-refractivity contribution in [3.63, 3.8) is 0 Å². The quantitative estimate of drug-likeness (QED) is 0.484. The number of nitrogens with zero attached hydrogens (tertiary/aromatic N) is 1. The van der Waals surface area contributed by atoms with Crippen LogP contribution in [-0.2, 0) is 14.3 Å². The lowest BCUT2D eigenvalue weighted by atomic mass is 10.3. The number of carbonyl (C=O) groups excluding carboxylic acids is 2. The van der Waals surface area contributed by atoms with E-state index >= 15 is 0 Å². The highest BCUT2D eigenvalue weighted by Gasteiger charge is 2.08. The third kappa shape index (κ3) is 6.40. The van der Waals surface area contributed by atoms with Gasteiger partial charge in [0.1, 0.15) is 0 Å². The molecule has 0 radical (unpaired) electrons. The Kier molecular flexibility index (Phi) is 8.52. The van der Waals surface area contributed by atoms with E-state index in [-0.39, 0.29) is 18.4 Å². The van der Waals surface area contributed by atoms with Crippen LogP contribution in [0.2, 0.25) is 0 Å². The lowest BCUT2D eigenvalue weighted by Crippen LogP contribution is -2.34. The number of rotatable bonds is 8.